The van der Waals surface area contributed by atoms with Gasteiger partial charge in [-0.2, -0.15) is 0 Å². The third-order valence-corrected chi connectivity index (χ3v) is 4.30. The van der Waals surface area contributed by atoms with Crippen molar-refractivity contribution in [1.29, 1.82) is 0 Å². The average Bonchev–Trinajstić information content (AvgIpc) is 2.28. The molecule has 1 saturated carbocycles. The van der Waals surface area contributed by atoms with Crippen LogP contribution in [0.4, 0.5) is 0 Å². The highest BCUT2D eigenvalue weighted by Gasteiger charge is 2.31. The maximum atomic E-state index is 11.2. The molecule has 0 spiro atoms. The van der Waals surface area contributed by atoms with Crippen molar-refractivity contribution in [3.8, 4) is 0 Å². The van der Waals surface area contributed by atoms with Gasteiger partial charge in [-0.15, -0.1) is 0 Å². The molecule has 0 heterocycles. The van der Waals surface area contributed by atoms with Gasteiger partial charge in [-0.3, -0.25) is 9.69 Å². The van der Waals surface area contributed by atoms with E-state index < -0.39 is 5.97 Å². The van der Waals surface area contributed by atoms with E-state index >= 15 is 0 Å². The molecule has 3 atom stereocenters. The lowest BCUT2D eigenvalue weighted by molar-refractivity contribution is -0.144. The van der Waals surface area contributed by atoms with Gasteiger partial charge in [-0.1, -0.05) is 33.6 Å². The summed E-state index contributed by atoms with van der Waals surface area (Å²) < 4.78 is 0. The lowest BCUT2D eigenvalue weighted by Crippen LogP contribution is -2.46. The number of carboxylic acids is 1. The van der Waals surface area contributed by atoms with Gasteiger partial charge in [0.05, 0.1) is 0 Å². The minimum atomic E-state index is -0.675. The van der Waals surface area contributed by atoms with Gasteiger partial charge in [-0.05, 0) is 44.6 Å². The molecule has 1 fully saturated rings. The summed E-state index contributed by atoms with van der Waals surface area (Å²) in [5, 5.41) is 9.24. The highest BCUT2D eigenvalue weighted by Crippen LogP contribution is 2.32. The Morgan fingerprint density at radius 2 is 2.06 bits per heavy atom. The fraction of sp³-hybridized carbons (Fsp3) is 0.933. The smallest absolute Gasteiger partial charge is 0.320 e. The van der Waals surface area contributed by atoms with Crippen LogP contribution in [0, 0.1) is 11.8 Å². The number of rotatable bonds is 6. The Morgan fingerprint density at radius 1 is 1.39 bits per heavy atom. The molecule has 0 amide bonds. The van der Waals surface area contributed by atoms with Crippen molar-refractivity contribution in [2.24, 2.45) is 11.8 Å². The Hall–Kier alpha value is -0.570. The van der Waals surface area contributed by atoms with Gasteiger partial charge in [0.15, 0.2) is 0 Å². The van der Waals surface area contributed by atoms with Crippen LogP contribution in [0.5, 0.6) is 0 Å². The third kappa shape index (κ3) is 4.27. The number of likely N-dealkylation sites (N-methyl/N-ethyl adjacent to an activating group) is 1. The number of carboxylic acid groups (broad SMARTS) is 1. The molecule has 0 aromatic rings. The van der Waals surface area contributed by atoms with Crippen molar-refractivity contribution in [1.82, 2.24) is 4.90 Å². The first kappa shape index (κ1) is 15.5. The Kier molecular flexibility index (Phi) is 6.13. The molecule has 1 aliphatic carbocycles. The zero-order valence-corrected chi connectivity index (χ0v) is 12.4. The summed E-state index contributed by atoms with van der Waals surface area (Å²) in [5.74, 6) is 0.865. The predicted octanol–water partition coefficient (Wildman–Crippen LogP) is 3.39. The van der Waals surface area contributed by atoms with Crippen LogP contribution in [0.1, 0.15) is 59.3 Å². The highest BCUT2D eigenvalue weighted by molar-refractivity contribution is 5.73. The van der Waals surface area contributed by atoms with E-state index in [9.17, 15) is 9.90 Å². The van der Waals surface area contributed by atoms with Crippen molar-refractivity contribution in [3.05, 3.63) is 0 Å². The van der Waals surface area contributed by atoms with Crippen molar-refractivity contribution in [2.45, 2.75) is 71.4 Å². The summed E-state index contributed by atoms with van der Waals surface area (Å²) in [7, 11) is 1.99. The number of carbonyl (C=O) groups is 1. The SMILES string of the molecule is CCC(C(=O)O)N(C)C1CCCC(CC(C)C)C1. The molecule has 3 unspecified atom stereocenters. The maximum Gasteiger partial charge on any atom is 0.320 e. The van der Waals surface area contributed by atoms with Gasteiger partial charge in [0.25, 0.3) is 0 Å². The van der Waals surface area contributed by atoms with Crippen LogP contribution in [0.25, 0.3) is 0 Å². The average molecular weight is 255 g/mol. The summed E-state index contributed by atoms with van der Waals surface area (Å²) in [4.78, 5) is 13.3. The summed E-state index contributed by atoms with van der Waals surface area (Å²) in [6, 6.07) is 0.149. The summed E-state index contributed by atoms with van der Waals surface area (Å²) in [6.07, 6.45) is 6.90. The van der Waals surface area contributed by atoms with Crippen LogP contribution in [0.15, 0.2) is 0 Å². The second-order valence-electron chi connectivity index (χ2n) is 6.24. The molecule has 0 aromatic carbocycles. The number of hydrogen-bond donors (Lipinski definition) is 1. The van der Waals surface area contributed by atoms with Gasteiger partial charge < -0.3 is 5.11 Å². The Balaban J connectivity index is 2.57. The van der Waals surface area contributed by atoms with E-state index in [1.807, 2.05) is 14.0 Å². The van der Waals surface area contributed by atoms with E-state index in [4.69, 9.17) is 0 Å². The molecular weight excluding hydrogens is 226 g/mol. The Labute approximate surface area is 112 Å². The van der Waals surface area contributed by atoms with Gasteiger partial charge in [0, 0.05) is 6.04 Å². The summed E-state index contributed by atoms with van der Waals surface area (Å²) >= 11 is 0. The van der Waals surface area contributed by atoms with E-state index in [-0.39, 0.29) is 6.04 Å². The lowest BCUT2D eigenvalue weighted by Gasteiger charge is -2.38. The molecule has 0 radical (unpaired) electrons. The molecule has 1 rings (SSSR count). The zero-order valence-electron chi connectivity index (χ0n) is 12.4. The van der Waals surface area contributed by atoms with Crippen molar-refractivity contribution in [2.75, 3.05) is 7.05 Å². The van der Waals surface area contributed by atoms with Crippen LogP contribution in [0.3, 0.4) is 0 Å². The van der Waals surface area contributed by atoms with E-state index in [1.165, 1.54) is 25.7 Å². The molecule has 3 nitrogen and oxygen atoms in total. The van der Waals surface area contributed by atoms with E-state index in [0.29, 0.717) is 12.5 Å². The molecular formula is C15H29NO2. The standard InChI is InChI=1S/C15H29NO2/c1-5-14(15(17)18)16(4)13-8-6-7-12(10-13)9-11(2)3/h11-14H,5-10H2,1-4H3,(H,17,18). The van der Waals surface area contributed by atoms with Crippen LogP contribution < -0.4 is 0 Å². The van der Waals surface area contributed by atoms with Gasteiger partial charge in [-0.25, -0.2) is 0 Å². The van der Waals surface area contributed by atoms with E-state index in [2.05, 4.69) is 18.7 Å². The molecule has 0 bridgehead atoms. The first-order valence-corrected chi connectivity index (χ1v) is 7.40. The quantitative estimate of drug-likeness (QED) is 0.791. The topological polar surface area (TPSA) is 40.5 Å². The molecule has 18 heavy (non-hydrogen) atoms. The van der Waals surface area contributed by atoms with Crippen LogP contribution in [0.2, 0.25) is 0 Å². The first-order valence-electron chi connectivity index (χ1n) is 7.40. The molecule has 0 aromatic heterocycles. The summed E-state index contributed by atoms with van der Waals surface area (Å²) in [5.41, 5.74) is 0. The predicted molar refractivity (Wildman–Crippen MR) is 74.7 cm³/mol. The molecule has 0 saturated heterocycles. The van der Waals surface area contributed by atoms with E-state index in [1.54, 1.807) is 0 Å². The first-order chi connectivity index (χ1) is 8.45. The van der Waals surface area contributed by atoms with Gasteiger partial charge in [0.2, 0.25) is 0 Å². The Morgan fingerprint density at radius 3 is 2.56 bits per heavy atom. The zero-order chi connectivity index (χ0) is 13.7. The minimum absolute atomic E-state index is 0.312. The number of aliphatic carboxylic acids is 1. The highest BCUT2D eigenvalue weighted by atomic mass is 16.4. The van der Waals surface area contributed by atoms with Crippen molar-refractivity contribution in [3.63, 3.8) is 0 Å². The van der Waals surface area contributed by atoms with Crippen LogP contribution in [-0.2, 0) is 4.79 Å². The summed E-state index contributed by atoms with van der Waals surface area (Å²) in [6.45, 7) is 6.52. The van der Waals surface area contributed by atoms with Crippen LogP contribution in [-0.4, -0.2) is 35.1 Å². The molecule has 3 heteroatoms. The van der Waals surface area contributed by atoms with Gasteiger partial charge in [0.1, 0.15) is 6.04 Å². The van der Waals surface area contributed by atoms with Crippen molar-refractivity contribution < 1.29 is 9.90 Å². The third-order valence-electron chi connectivity index (χ3n) is 4.30. The maximum absolute atomic E-state index is 11.2. The fourth-order valence-corrected chi connectivity index (χ4v) is 3.40. The largest absolute Gasteiger partial charge is 0.480 e. The normalized spacial score (nSPS) is 26.6. The molecule has 106 valence electrons. The minimum Gasteiger partial charge on any atom is -0.480 e. The Bertz CT molecular complexity index is 265. The van der Waals surface area contributed by atoms with Crippen LogP contribution >= 0.6 is 0 Å². The van der Waals surface area contributed by atoms with E-state index in [0.717, 1.165) is 18.3 Å². The van der Waals surface area contributed by atoms with Gasteiger partial charge >= 0.3 is 5.97 Å². The lowest BCUT2D eigenvalue weighted by atomic mass is 9.80. The number of hydrogen-bond acceptors (Lipinski definition) is 2. The monoisotopic (exact) mass is 255 g/mol. The second kappa shape index (κ2) is 7.13. The number of nitrogens with zero attached hydrogens (tertiary/aromatic N) is 1. The fourth-order valence-electron chi connectivity index (χ4n) is 3.40. The molecule has 1 N–H and O–H groups in total. The molecule has 1 aliphatic rings. The molecule has 0 aliphatic heterocycles. The second-order valence-corrected chi connectivity index (χ2v) is 6.24. The van der Waals surface area contributed by atoms with Crippen molar-refractivity contribution >= 4 is 5.97 Å².